The Bertz CT molecular complexity index is 744. The van der Waals surface area contributed by atoms with Crippen molar-refractivity contribution in [2.24, 2.45) is 7.05 Å². The molecule has 0 aliphatic heterocycles. The van der Waals surface area contributed by atoms with Gasteiger partial charge in [0.05, 0.1) is 13.3 Å². The van der Waals surface area contributed by atoms with Crippen LogP contribution in [0.1, 0.15) is 17.4 Å². The molecule has 1 aromatic heterocycles. The summed E-state index contributed by atoms with van der Waals surface area (Å²) in [5.41, 5.74) is 1.51. The van der Waals surface area contributed by atoms with Gasteiger partial charge in [-0.3, -0.25) is 4.68 Å². The zero-order valence-corrected chi connectivity index (χ0v) is 11.4. The minimum Gasteiger partial charge on any atom is -0.493 e. The smallest absolute Gasteiger partial charge is 0.162 e. The molecule has 3 aromatic rings. The zero-order valence-electron chi connectivity index (χ0n) is 11.4. The molecule has 0 spiro atoms. The van der Waals surface area contributed by atoms with Gasteiger partial charge in [-0.15, -0.1) is 0 Å². The van der Waals surface area contributed by atoms with Crippen LogP contribution in [0.4, 0.5) is 0 Å². The van der Waals surface area contributed by atoms with Crippen LogP contribution in [-0.2, 0) is 7.05 Å². The van der Waals surface area contributed by atoms with Crippen LogP contribution < -0.4 is 4.74 Å². The predicted octanol–water partition coefficient (Wildman–Crippen LogP) is 2.66. The maximum absolute atomic E-state index is 10.7. The van der Waals surface area contributed by atoms with E-state index in [1.165, 1.54) is 0 Å². The van der Waals surface area contributed by atoms with E-state index in [9.17, 15) is 5.11 Å². The van der Waals surface area contributed by atoms with Gasteiger partial charge in [0, 0.05) is 7.05 Å². The molecule has 0 bridgehead atoms. The van der Waals surface area contributed by atoms with Crippen LogP contribution in [-0.4, -0.2) is 22.0 Å². The first-order valence-corrected chi connectivity index (χ1v) is 6.44. The molecule has 4 nitrogen and oxygen atoms in total. The molecule has 4 heteroatoms. The molecule has 0 fully saturated rings. The van der Waals surface area contributed by atoms with E-state index in [0.29, 0.717) is 11.4 Å². The number of methoxy groups -OCH3 is 1. The van der Waals surface area contributed by atoms with Crippen molar-refractivity contribution in [2.75, 3.05) is 7.11 Å². The maximum atomic E-state index is 10.7. The van der Waals surface area contributed by atoms with Gasteiger partial charge >= 0.3 is 0 Å². The summed E-state index contributed by atoms with van der Waals surface area (Å²) in [7, 11) is 3.38. The number of benzene rings is 2. The highest BCUT2D eigenvalue weighted by Crippen LogP contribution is 2.33. The van der Waals surface area contributed by atoms with Crippen LogP contribution in [0.5, 0.6) is 5.75 Å². The summed E-state index contributed by atoms with van der Waals surface area (Å²) in [4.78, 5) is 0. The summed E-state index contributed by atoms with van der Waals surface area (Å²) in [6, 6.07) is 13.9. The summed E-state index contributed by atoms with van der Waals surface area (Å²) in [5, 5.41) is 17.0. The molecule has 1 atom stereocenters. The number of nitrogens with zero attached hydrogens (tertiary/aromatic N) is 2. The Morgan fingerprint density at radius 2 is 1.90 bits per heavy atom. The van der Waals surface area contributed by atoms with Crippen molar-refractivity contribution in [3.05, 3.63) is 59.9 Å². The quantitative estimate of drug-likeness (QED) is 0.794. The van der Waals surface area contributed by atoms with Crippen LogP contribution in [0.2, 0.25) is 0 Å². The molecule has 1 N–H and O–H groups in total. The van der Waals surface area contributed by atoms with E-state index >= 15 is 0 Å². The lowest BCUT2D eigenvalue weighted by Gasteiger charge is -2.15. The average molecular weight is 268 g/mol. The summed E-state index contributed by atoms with van der Waals surface area (Å²) < 4.78 is 6.92. The third-order valence-electron chi connectivity index (χ3n) is 3.55. The molecule has 102 valence electrons. The SMILES string of the molecule is COc1cnn(C)c1C(O)c1cccc2ccccc12. The molecule has 0 aliphatic rings. The van der Waals surface area contributed by atoms with Crippen molar-refractivity contribution in [1.29, 1.82) is 0 Å². The monoisotopic (exact) mass is 268 g/mol. The van der Waals surface area contributed by atoms with Gasteiger partial charge in [-0.1, -0.05) is 42.5 Å². The standard InChI is InChI=1S/C16H16N2O2/c1-18-15(14(20-2)10-17-18)16(19)13-9-5-7-11-6-3-4-8-12(11)13/h3-10,16,19H,1-2H3. The average Bonchev–Trinajstić information content (AvgIpc) is 2.87. The second kappa shape index (κ2) is 4.98. The van der Waals surface area contributed by atoms with E-state index in [2.05, 4.69) is 5.10 Å². The van der Waals surface area contributed by atoms with Gasteiger partial charge in [0.25, 0.3) is 0 Å². The summed E-state index contributed by atoms with van der Waals surface area (Å²) in [5.74, 6) is 0.591. The highest BCUT2D eigenvalue weighted by Gasteiger charge is 2.21. The first kappa shape index (κ1) is 12.7. The second-order valence-electron chi connectivity index (χ2n) is 4.69. The second-order valence-corrected chi connectivity index (χ2v) is 4.69. The van der Waals surface area contributed by atoms with Gasteiger partial charge in [-0.2, -0.15) is 5.10 Å². The molecule has 3 rings (SSSR count). The predicted molar refractivity (Wildman–Crippen MR) is 77.8 cm³/mol. The number of hydrogen-bond acceptors (Lipinski definition) is 3. The number of rotatable bonds is 3. The number of aromatic nitrogens is 2. The van der Waals surface area contributed by atoms with Crippen LogP contribution in [0, 0.1) is 0 Å². The van der Waals surface area contributed by atoms with Crippen molar-refractivity contribution in [2.45, 2.75) is 6.10 Å². The normalized spacial score (nSPS) is 12.6. The largest absolute Gasteiger partial charge is 0.493 e. The molecule has 0 amide bonds. The van der Waals surface area contributed by atoms with Gasteiger partial charge in [0.15, 0.2) is 5.75 Å². The van der Waals surface area contributed by atoms with Crippen molar-refractivity contribution in [1.82, 2.24) is 9.78 Å². The molecular formula is C16H16N2O2. The lowest BCUT2D eigenvalue weighted by atomic mass is 9.98. The fraction of sp³-hybridized carbons (Fsp3) is 0.188. The molecule has 1 unspecified atom stereocenters. The third-order valence-corrected chi connectivity index (χ3v) is 3.55. The first-order chi connectivity index (χ1) is 9.72. The maximum Gasteiger partial charge on any atom is 0.162 e. The molecule has 0 saturated heterocycles. The van der Waals surface area contributed by atoms with Crippen molar-refractivity contribution in [3.63, 3.8) is 0 Å². The van der Waals surface area contributed by atoms with Crippen LogP contribution in [0.3, 0.4) is 0 Å². The summed E-state index contributed by atoms with van der Waals surface area (Å²) in [6.45, 7) is 0. The highest BCUT2D eigenvalue weighted by molar-refractivity contribution is 5.86. The van der Waals surface area contributed by atoms with Gasteiger partial charge in [0.2, 0.25) is 0 Å². The summed E-state index contributed by atoms with van der Waals surface area (Å²) >= 11 is 0. The summed E-state index contributed by atoms with van der Waals surface area (Å²) in [6.07, 6.45) is 0.840. The van der Waals surface area contributed by atoms with Crippen LogP contribution in [0.25, 0.3) is 10.8 Å². The van der Waals surface area contributed by atoms with Crippen molar-refractivity contribution >= 4 is 10.8 Å². The Morgan fingerprint density at radius 3 is 2.70 bits per heavy atom. The zero-order chi connectivity index (χ0) is 14.1. The first-order valence-electron chi connectivity index (χ1n) is 6.44. The van der Waals surface area contributed by atoms with E-state index in [4.69, 9.17) is 4.74 Å². The third kappa shape index (κ3) is 1.94. The molecular weight excluding hydrogens is 252 g/mol. The van der Waals surface area contributed by atoms with Gasteiger partial charge < -0.3 is 9.84 Å². The highest BCUT2D eigenvalue weighted by atomic mass is 16.5. The number of fused-ring (bicyclic) bond motifs is 1. The molecule has 20 heavy (non-hydrogen) atoms. The number of hydrogen-bond donors (Lipinski definition) is 1. The van der Waals surface area contributed by atoms with Gasteiger partial charge in [0.1, 0.15) is 11.8 Å². The van der Waals surface area contributed by atoms with Crippen molar-refractivity contribution in [3.8, 4) is 5.75 Å². The van der Waals surface area contributed by atoms with Crippen LogP contribution >= 0.6 is 0 Å². The molecule has 1 heterocycles. The number of aliphatic hydroxyl groups is 1. The topological polar surface area (TPSA) is 47.3 Å². The minimum absolute atomic E-state index is 0.591. The Kier molecular flexibility index (Phi) is 3.16. The Morgan fingerprint density at radius 1 is 1.15 bits per heavy atom. The number of aryl methyl sites for hydroxylation is 1. The van der Waals surface area contributed by atoms with E-state index in [0.717, 1.165) is 16.3 Å². The van der Waals surface area contributed by atoms with Crippen LogP contribution in [0.15, 0.2) is 48.7 Å². The fourth-order valence-electron chi connectivity index (χ4n) is 2.53. The van der Waals surface area contributed by atoms with Gasteiger partial charge in [-0.25, -0.2) is 0 Å². The van der Waals surface area contributed by atoms with E-state index < -0.39 is 6.10 Å². The lowest BCUT2D eigenvalue weighted by molar-refractivity contribution is 0.206. The number of aliphatic hydroxyl groups excluding tert-OH is 1. The molecule has 2 aromatic carbocycles. The Balaban J connectivity index is 2.17. The molecule has 0 aliphatic carbocycles. The van der Waals surface area contributed by atoms with Gasteiger partial charge in [-0.05, 0) is 16.3 Å². The van der Waals surface area contributed by atoms with E-state index in [-0.39, 0.29) is 0 Å². The fourth-order valence-corrected chi connectivity index (χ4v) is 2.53. The van der Waals surface area contributed by atoms with E-state index in [1.54, 1.807) is 25.0 Å². The van der Waals surface area contributed by atoms with E-state index in [1.807, 2.05) is 42.5 Å². The lowest BCUT2D eigenvalue weighted by Crippen LogP contribution is -2.08. The Hall–Kier alpha value is -2.33. The molecule has 0 radical (unpaired) electrons. The Labute approximate surface area is 117 Å². The number of ether oxygens (including phenoxy) is 1. The molecule has 0 saturated carbocycles. The minimum atomic E-state index is -0.774. The van der Waals surface area contributed by atoms with Crippen molar-refractivity contribution < 1.29 is 9.84 Å².